The lowest BCUT2D eigenvalue weighted by Crippen LogP contribution is -2.15. The van der Waals surface area contributed by atoms with Gasteiger partial charge in [-0.25, -0.2) is 4.79 Å². The van der Waals surface area contributed by atoms with E-state index in [1.165, 1.54) is 0 Å². The molecule has 0 saturated carbocycles. The van der Waals surface area contributed by atoms with Crippen molar-refractivity contribution in [1.29, 1.82) is 0 Å². The molecule has 0 atom stereocenters. The van der Waals surface area contributed by atoms with E-state index < -0.39 is 0 Å². The fraction of sp³-hybridized carbons (Fsp3) is 0.286. The minimum atomic E-state index is -0.342. The highest BCUT2D eigenvalue weighted by molar-refractivity contribution is 6.17. The molecular formula is C21H22ClNO3. The van der Waals surface area contributed by atoms with E-state index in [-0.39, 0.29) is 12.6 Å². The predicted octanol–water partition coefficient (Wildman–Crippen LogP) is 4.75. The zero-order valence-corrected chi connectivity index (χ0v) is 15.5. The minimum absolute atomic E-state index is 0.245. The maximum atomic E-state index is 12.7. The van der Waals surface area contributed by atoms with Crippen molar-refractivity contribution >= 4 is 28.5 Å². The van der Waals surface area contributed by atoms with Crippen LogP contribution in [-0.4, -0.2) is 23.2 Å². The van der Waals surface area contributed by atoms with E-state index in [1.807, 2.05) is 61.5 Å². The Hall–Kier alpha value is -2.46. The number of carbonyl (C=O) groups is 1. The molecule has 3 aromatic rings. The summed E-state index contributed by atoms with van der Waals surface area (Å²) in [7, 11) is 0. The first-order valence-corrected chi connectivity index (χ1v) is 9.26. The summed E-state index contributed by atoms with van der Waals surface area (Å²) in [5.74, 6) is 0.275. The minimum Gasteiger partial charge on any atom is -0.457 e. The standard InChI is InChI=1S/C21H22ClNO3/c1-16-20(21(24)25-15-17-9-3-2-4-10-17)18-11-5-6-12-19(18)23(16)26-14-8-7-13-22/h2-6,9-12H,7-8,13-15H2,1H3. The van der Waals surface area contributed by atoms with E-state index in [0.717, 1.165) is 35.0 Å². The van der Waals surface area contributed by atoms with Gasteiger partial charge < -0.3 is 9.57 Å². The first kappa shape index (κ1) is 18.3. The highest BCUT2D eigenvalue weighted by atomic mass is 35.5. The number of unbranched alkanes of at least 4 members (excludes halogenated alkanes) is 1. The van der Waals surface area contributed by atoms with Gasteiger partial charge in [-0.3, -0.25) is 0 Å². The van der Waals surface area contributed by atoms with Crippen LogP contribution in [0.15, 0.2) is 54.6 Å². The molecule has 2 aromatic carbocycles. The third-order valence-corrected chi connectivity index (χ3v) is 4.49. The van der Waals surface area contributed by atoms with Crippen molar-refractivity contribution in [2.45, 2.75) is 26.4 Å². The zero-order chi connectivity index (χ0) is 18.4. The topological polar surface area (TPSA) is 40.5 Å². The average Bonchev–Trinajstić information content (AvgIpc) is 2.96. The molecule has 3 rings (SSSR count). The van der Waals surface area contributed by atoms with Crippen LogP contribution in [0.25, 0.3) is 10.9 Å². The molecule has 26 heavy (non-hydrogen) atoms. The molecule has 0 aliphatic rings. The molecule has 0 radical (unpaired) electrons. The van der Waals surface area contributed by atoms with Crippen LogP contribution < -0.4 is 4.84 Å². The van der Waals surface area contributed by atoms with Crippen LogP contribution in [0.2, 0.25) is 0 Å². The Labute approximate surface area is 158 Å². The Kier molecular flexibility index (Phi) is 6.18. The molecule has 4 nitrogen and oxygen atoms in total. The smallest absolute Gasteiger partial charge is 0.341 e. The quantitative estimate of drug-likeness (QED) is 0.326. The summed E-state index contributed by atoms with van der Waals surface area (Å²) in [5, 5.41) is 0.834. The number of rotatable bonds is 8. The molecule has 0 unspecified atom stereocenters. The summed E-state index contributed by atoms with van der Waals surface area (Å²) in [6.07, 6.45) is 1.76. The lowest BCUT2D eigenvalue weighted by molar-refractivity contribution is 0.0469. The summed E-state index contributed by atoms with van der Waals surface area (Å²) in [5.41, 5.74) is 3.12. The highest BCUT2D eigenvalue weighted by Crippen LogP contribution is 2.26. The SMILES string of the molecule is Cc1c(C(=O)OCc2ccccc2)c2ccccc2n1OCCCCCl. The second-order valence-corrected chi connectivity index (χ2v) is 6.44. The number of halogens is 1. The van der Waals surface area contributed by atoms with Gasteiger partial charge in [-0.15, -0.1) is 11.6 Å². The number of hydrogen-bond donors (Lipinski definition) is 0. The maximum absolute atomic E-state index is 12.7. The van der Waals surface area contributed by atoms with Crippen LogP contribution >= 0.6 is 11.6 Å². The Morgan fingerprint density at radius 3 is 2.54 bits per heavy atom. The molecule has 0 aliphatic heterocycles. The van der Waals surface area contributed by atoms with E-state index in [0.29, 0.717) is 18.1 Å². The van der Waals surface area contributed by atoms with Gasteiger partial charge in [0.2, 0.25) is 0 Å². The Morgan fingerprint density at radius 1 is 1.04 bits per heavy atom. The summed E-state index contributed by atoms with van der Waals surface area (Å²) >= 11 is 5.72. The van der Waals surface area contributed by atoms with Crippen LogP contribution in [0.5, 0.6) is 0 Å². The van der Waals surface area contributed by atoms with E-state index in [1.54, 1.807) is 4.73 Å². The van der Waals surface area contributed by atoms with Gasteiger partial charge in [-0.1, -0.05) is 48.5 Å². The van der Waals surface area contributed by atoms with E-state index in [4.69, 9.17) is 21.2 Å². The molecule has 0 aliphatic carbocycles. The molecule has 0 bridgehead atoms. The molecule has 0 fully saturated rings. The first-order chi connectivity index (χ1) is 12.7. The third kappa shape index (κ3) is 4.02. The Bertz CT molecular complexity index is 874. The van der Waals surface area contributed by atoms with Crippen molar-refractivity contribution < 1.29 is 14.4 Å². The number of nitrogens with zero attached hydrogens (tertiary/aromatic N) is 1. The van der Waals surface area contributed by atoms with Crippen LogP contribution in [-0.2, 0) is 11.3 Å². The van der Waals surface area contributed by atoms with Crippen molar-refractivity contribution in [3.8, 4) is 0 Å². The number of alkyl halides is 1. The largest absolute Gasteiger partial charge is 0.457 e. The number of para-hydroxylation sites is 1. The first-order valence-electron chi connectivity index (χ1n) is 8.72. The fourth-order valence-corrected chi connectivity index (χ4v) is 3.10. The van der Waals surface area contributed by atoms with Crippen LogP contribution in [0.4, 0.5) is 0 Å². The van der Waals surface area contributed by atoms with Crippen molar-refractivity contribution in [3.63, 3.8) is 0 Å². The van der Waals surface area contributed by atoms with Crippen LogP contribution in [0.1, 0.15) is 34.5 Å². The Balaban J connectivity index is 1.83. The summed E-state index contributed by atoms with van der Waals surface area (Å²) in [6.45, 7) is 2.67. The lowest BCUT2D eigenvalue weighted by Gasteiger charge is -2.10. The van der Waals surface area contributed by atoms with Gasteiger partial charge >= 0.3 is 5.97 Å². The molecule has 5 heteroatoms. The van der Waals surface area contributed by atoms with E-state index in [9.17, 15) is 4.79 Å². The van der Waals surface area contributed by atoms with Gasteiger partial charge in [0, 0.05) is 11.3 Å². The van der Waals surface area contributed by atoms with E-state index in [2.05, 4.69) is 0 Å². The van der Waals surface area contributed by atoms with Crippen LogP contribution in [0, 0.1) is 6.92 Å². The molecule has 0 N–H and O–H groups in total. The monoisotopic (exact) mass is 371 g/mol. The number of benzene rings is 2. The van der Waals surface area contributed by atoms with Gasteiger partial charge in [0.1, 0.15) is 13.2 Å². The normalized spacial score (nSPS) is 10.8. The number of esters is 1. The fourth-order valence-electron chi connectivity index (χ4n) is 2.91. The number of ether oxygens (including phenoxy) is 1. The summed E-state index contributed by atoms with van der Waals surface area (Å²) in [6, 6.07) is 17.4. The third-order valence-electron chi connectivity index (χ3n) is 4.22. The average molecular weight is 372 g/mol. The van der Waals surface area contributed by atoms with Crippen molar-refractivity contribution in [1.82, 2.24) is 4.73 Å². The molecule has 0 saturated heterocycles. The second-order valence-electron chi connectivity index (χ2n) is 6.06. The second kappa shape index (κ2) is 8.77. The van der Waals surface area contributed by atoms with Gasteiger partial charge in [0.15, 0.2) is 0 Å². The molecular weight excluding hydrogens is 350 g/mol. The summed E-state index contributed by atoms with van der Waals surface area (Å²) in [4.78, 5) is 18.6. The molecule has 1 aromatic heterocycles. The Morgan fingerprint density at radius 2 is 1.77 bits per heavy atom. The van der Waals surface area contributed by atoms with Crippen LogP contribution in [0.3, 0.4) is 0 Å². The van der Waals surface area contributed by atoms with Crippen molar-refractivity contribution in [2.75, 3.05) is 12.5 Å². The van der Waals surface area contributed by atoms with Gasteiger partial charge in [-0.2, -0.15) is 4.73 Å². The lowest BCUT2D eigenvalue weighted by atomic mass is 10.1. The predicted molar refractivity (Wildman–Crippen MR) is 104 cm³/mol. The molecule has 0 amide bonds. The number of hydrogen-bond acceptors (Lipinski definition) is 3. The van der Waals surface area contributed by atoms with E-state index >= 15 is 0 Å². The maximum Gasteiger partial charge on any atom is 0.341 e. The van der Waals surface area contributed by atoms with Crippen molar-refractivity contribution in [2.24, 2.45) is 0 Å². The van der Waals surface area contributed by atoms with Gasteiger partial charge in [-0.05, 0) is 31.4 Å². The molecule has 1 heterocycles. The summed E-state index contributed by atoms with van der Waals surface area (Å²) < 4.78 is 7.26. The molecule has 0 spiro atoms. The number of carbonyl (C=O) groups excluding carboxylic acids is 1. The zero-order valence-electron chi connectivity index (χ0n) is 14.8. The molecule has 136 valence electrons. The van der Waals surface area contributed by atoms with Gasteiger partial charge in [0.05, 0.1) is 16.8 Å². The highest BCUT2D eigenvalue weighted by Gasteiger charge is 2.22. The van der Waals surface area contributed by atoms with Crippen molar-refractivity contribution in [3.05, 3.63) is 71.4 Å². The number of aromatic nitrogens is 1. The van der Waals surface area contributed by atoms with Gasteiger partial charge in [0.25, 0.3) is 0 Å². The number of fused-ring (bicyclic) bond motifs is 1.